The molecule has 3 nitrogen and oxygen atoms in total. The lowest BCUT2D eigenvalue weighted by Gasteiger charge is -2.40. The number of piperidine rings is 1. The van der Waals surface area contributed by atoms with Crippen LogP contribution in [-0.4, -0.2) is 37.7 Å². The molecule has 0 saturated carbocycles. The number of nitrogens with zero attached hydrogens (tertiary/aromatic N) is 1. The van der Waals surface area contributed by atoms with Crippen LogP contribution in [0.4, 0.5) is 5.69 Å². The maximum atomic E-state index is 5.53. The Labute approximate surface area is 130 Å². The van der Waals surface area contributed by atoms with Gasteiger partial charge >= 0.3 is 0 Å². The fourth-order valence-corrected chi connectivity index (χ4v) is 3.54. The van der Waals surface area contributed by atoms with Crippen molar-refractivity contribution in [2.45, 2.75) is 39.3 Å². The van der Waals surface area contributed by atoms with Gasteiger partial charge in [0.25, 0.3) is 0 Å². The first kappa shape index (κ1) is 15.6. The largest absolute Gasteiger partial charge is 0.495 e. The van der Waals surface area contributed by atoms with E-state index in [0.717, 1.165) is 28.9 Å². The predicted octanol–water partition coefficient (Wildman–Crippen LogP) is 3.91. The van der Waals surface area contributed by atoms with Gasteiger partial charge in [0.2, 0.25) is 0 Å². The van der Waals surface area contributed by atoms with Gasteiger partial charge in [0, 0.05) is 23.1 Å². The first-order valence-corrected chi connectivity index (χ1v) is 8.02. The normalized spacial score (nSPS) is 27.4. The molecule has 20 heavy (non-hydrogen) atoms. The molecule has 0 bridgehead atoms. The Morgan fingerprint density at radius 2 is 2.05 bits per heavy atom. The summed E-state index contributed by atoms with van der Waals surface area (Å²) in [5, 5.41) is 3.72. The standard InChI is InChI=1S/C16H25BrN2O/c1-10-6-13(17)8-15(20-5)16(10)18-14-7-12(3)19(4)9-11(14)2/h6,8,11-12,14,18H,7,9H2,1-5H3. The van der Waals surface area contributed by atoms with Gasteiger partial charge in [-0.1, -0.05) is 22.9 Å². The number of hydrogen-bond donors (Lipinski definition) is 1. The van der Waals surface area contributed by atoms with E-state index in [1.807, 2.05) is 6.07 Å². The second kappa shape index (κ2) is 6.35. The average molecular weight is 341 g/mol. The van der Waals surface area contributed by atoms with Crippen molar-refractivity contribution in [3.8, 4) is 5.75 Å². The number of benzene rings is 1. The van der Waals surface area contributed by atoms with Gasteiger partial charge in [-0.25, -0.2) is 0 Å². The van der Waals surface area contributed by atoms with Crippen LogP contribution in [0.3, 0.4) is 0 Å². The van der Waals surface area contributed by atoms with Crippen LogP contribution in [0.25, 0.3) is 0 Å². The predicted molar refractivity (Wildman–Crippen MR) is 88.7 cm³/mol. The fourth-order valence-electron chi connectivity index (χ4n) is 2.99. The Balaban J connectivity index is 2.21. The SMILES string of the molecule is COc1cc(Br)cc(C)c1NC1CC(C)N(C)CC1C. The van der Waals surface area contributed by atoms with Gasteiger partial charge < -0.3 is 15.0 Å². The zero-order chi connectivity index (χ0) is 14.9. The molecule has 1 saturated heterocycles. The third-order valence-electron chi connectivity index (χ3n) is 4.42. The van der Waals surface area contributed by atoms with Crippen molar-refractivity contribution in [2.24, 2.45) is 5.92 Å². The van der Waals surface area contributed by atoms with E-state index in [4.69, 9.17) is 4.74 Å². The fraction of sp³-hybridized carbons (Fsp3) is 0.625. The van der Waals surface area contributed by atoms with Crippen molar-refractivity contribution in [3.63, 3.8) is 0 Å². The number of likely N-dealkylation sites (tertiary alicyclic amines) is 1. The van der Waals surface area contributed by atoms with E-state index < -0.39 is 0 Å². The molecule has 0 radical (unpaired) electrons. The van der Waals surface area contributed by atoms with Gasteiger partial charge in [0.1, 0.15) is 5.75 Å². The summed E-state index contributed by atoms with van der Waals surface area (Å²) in [5.74, 6) is 1.54. The topological polar surface area (TPSA) is 24.5 Å². The van der Waals surface area contributed by atoms with Crippen molar-refractivity contribution in [1.29, 1.82) is 0 Å². The quantitative estimate of drug-likeness (QED) is 0.902. The summed E-state index contributed by atoms with van der Waals surface area (Å²) in [6.07, 6.45) is 1.16. The summed E-state index contributed by atoms with van der Waals surface area (Å²) in [7, 11) is 3.94. The molecule has 0 aliphatic carbocycles. The van der Waals surface area contributed by atoms with E-state index in [0.29, 0.717) is 18.0 Å². The molecule has 2 rings (SSSR count). The highest BCUT2D eigenvalue weighted by Gasteiger charge is 2.29. The van der Waals surface area contributed by atoms with E-state index in [-0.39, 0.29) is 0 Å². The van der Waals surface area contributed by atoms with Crippen LogP contribution in [0.15, 0.2) is 16.6 Å². The van der Waals surface area contributed by atoms with Crippen LogP contribution in [0.1, 0.15) is 25.8 Å². The lowest BCUT2D eigenvalue weighted by Crippen LogP contribution is -2.48. The van der Waals surface area contributed by atoms with E-state index in [9.17, 15) is 0 Å². The molecule has 1 aliphatic heterocycles. The summed E-state index contributed by atoms with van der Waals surface area (Å²) in [6, 6.07) is 5.27. The van der Waals surface area contributed by atoms with Crippen LogP contribution in [0.2, 0.25) is 0 Å². The molecule has 1 aromatic rings. The lowest BCUT2D eigenvalue weighted by molar-refractivity contribution is 0.145. The number of hydrogen-bond acceptors (Lipinski definition) is 3. The Kier molecular flexibility index (Phi) is 4.97. The molecule has 3 unspecified atom stereocenters. The molecule has 0 aromatic heterocycles. The van der Waals surface area contributed by atoms with Crippen LogP contribution >= 0.6 is 15.9 Å². The van der Waals surface area contributed by atoms with Gasteiger partial charge in [0.15, 0.2) is 0 Å². The van der Waals surface area contributed by atoms with Gasteiger partial charge in [0.05, 0.1) is 12.8 Å². The molecule has 4 heteroatoms. The number of rotatable bonds is 3. The summed E-state index contributed by atoms with van der Waals surface area (Å²) in [4.78, 5) is 2.44. The van der Waals surface area contributed by atoms with Crippen molar-refractivity contribution in [3.05, 3.63) is 22.2 Å². The zero-order valence-corrected chi connectivity index (χ0v) is 14.6. The van der Waals surface area contributed by atoms with Crippen LogP contribution in [-0.2, 0) is 0 Å². The number of nitrogens with one attached hydrogen (secondary N) is 1. The summed E-state index contributed by atoms with van der Waals surface area (Å²) < 4.78 is 6.59. The third-order valence-corrected chi connectivity index (χ3v) is 4.88. The minimum absolute atomic E-state index is 0.495. The first-order valence-electron chi connectivity index (χ1n) is 7.23. The maximum absolute atomic E-state index is 5.53. The number of halogens is 1. The monoisotopic (exact) mass is 340 g/mol. The van der Waals surface area contributed by atoms with Crippen molar-refractivity contribution >= 4 is 21.6 Å². The number of methoxy groups -OCH3 is 1. The number of anilines is 1. The third kappa shape index (κ3) is 3.29. The summed E-state index contributed by atoms with van der Waals surface area (Å²) in [5.41, 5.74) is 2.35. The van der Waals surface area contributed by atoms with Crippen molar-refractivity contribution in [2.75, 3.05) is 26.0 Å². The van der Waals surface area contributed by atoms with Crippen molar-refractivity contribution < 1.29 is 4.74 Å². The Morgan fingerprint density at radius 3 is 2.70 bits per heavy atom. The molecule has 1 fully saturated rings. The molecular formula is C16H25BrN2O. The van der Waals surface area contributed by atoms with E-state index in [1.165, 1.54) is 5.56 Å². The minimum atomic E-state index is 0.495. The molecule has 3 atom stereocenters. The van der Waals surface area contributed by atoms with Gasteiger partial charge in [-0.2, -0.15) is 0 Å². The Hall–Kier alpha value is -0.740. The van der Waals surface area contributed by atoms with E-state index in [2.05, 4.69) is 60.0 Å². The molecule has 1 aliphatic rings. The smallest absolute Gasteiger partial charge is 0.143 e. The summed E-state index contributed by atoms with van der Waals surface area (Å²) in [6.45, 7) is 7.88. The minimum Gasteiger partial charge on any atom is -0.495 e. The molecule has 1 N–H and O–H groups in total. The molecule has 0 spiro atoms. The average Bonchev–Trinajstić information content (AvgIpc) is 2.38. The zero-order valence-electron chi connectivity index (χ0n) is 13.0. The first-order chi connectivity index (χ1) is 9.42. The number of aryl methyl sites for hydroxylation is 1. The van der Waals surface area contributed by atoms with Crippen molar-refractivity contribution in [1.82, 2.24) is 4.90 Å². The lowest BCUT2D eigenvalue weighted by atomic mass is 9.89. The highest BCUT2D eigenvalue weighted by Crippen LogP contribution is 2.34. The van der Waals surface area contributed by atoms with Gasteiger partial charge in [-0.05, 0) is 50.9 Å². The van der Waals surface area contributed by atoms with Crippen LogP contribution < -0.4 is 10.1 Å². The van der Waals surface area contributed by atoms with Crippen LogP contribution in [0, 0.1) is 12.8 Å². The molecular weight excluding hydrogens is 316 g/mol. The van der Waals surface area contributed by atoms with E-state index >= 15 is 0 Å². The molecule has 1 heterocycles. The highest BCUT2D eigenvalue weighted by atomic mass is 79.9. The Morgan fingerprint density at radius 1 is 1.35 bits per heavy atom. The van der Waals surface area contributed by atoms with E-state index in [1.54, 1.807) is 7.11 Å². The van der Waals surface area contributed by atoms with Crippen LogP contribution in [0.5, 0.6) is 5.75 Å². The molecule has 0 amide bonds. The van der Waals surface area contributed by atoms with Gasteiger partial charge in [-0.3, -0.25) is 0 Å². The molecule has 1 aromatic carbocycles. The van der Waals surface area contributed by atoms with Gasteiger partial charge in [-0.15, -0.1) is 0 Å². The maximum Gasteiger partial charge on any atom is 0.143 e. The highest BCUT2D eigenvalue weighted by molar-refractivity contribution is 9.10. The Bertz CT molecular complexity index is 478. The second-order valence-electron chi connectivity index (χ2n) is 6.05. The second-order valence-corrected chi connectivity index (χ2v) is 6.97. The molecule has 112 valence electrons. The number of ether oxygens (including phenoxy) is 1. The summed E-state index contributed by atoms with van der Waals surface area (Å²) >= 11 is 3.53.